The van der Waals surface area contributed by atoms with Crippen molar-refractivity contribution in [1.29, 1.82) is 0 Å². The van der Waals surface area contributed by atoms with Gasteiger partial charge in [0.25, 0.3) is 0 Å². The number of nitrogens with zero attached hydrogens (tertiary/aromatic N) is 1. The van der Waals surface area contributed by atoms with E-state index in [4.69, 9.17) is 5.73 Å². The largest absolute Gasteiger partial charge is 0.347 e. The zero-order chi connectivity index (χ0) is 17.6. The molecule has 0 radical (unpaired) electrons. The van der Waals surface area contributed by atoms with Gasteiger partial charge in [0.15, 0.2) is 0 Å². The topological polar surface area (TPSA) is 30.9 Å². The number of fused-ring (bicyclic) bond motifs is 1. The quantitative estimate of drug-likeness (QED) is 0.624. The third kappa shape index (κ3) is 4.10. The van der Waals surface area contributed by atoms with Crippen molar-refractivity contribution in [3.63, 3.8) is 0 Å². The molecule has 0 aliphatic heterocycles. The molecule has 0 bridgehead atoms. The summed E-state index contributed by atoms with van der Waals surface area (Å²) in [6.07, 6.45) is 7.00. The maximum absolute atomic E-state index is 14.3. The van der Waals surface area contributed by atoms with Gasteiger partial charge in [-0.25, -0.2) is 4.39 Å². The Kier molecular flexibility index (Phi) is 5.87. The zero-order valence-electron chi connectivity index (χ0n) is 15.0. The second kappa shape index (κ2) is 8.30. The fourth-order valence-corrected chi connectivity index (χ4v) is 3.55. The molecule has 132 valence electrons. The van der Waals surface area contributed by atoms with E-state index in [1.807, 2.05) is 6.07 Å². The lowest BCUT2D eigenvalue weighted by Gasteiger charge is -2.09. The molecule has 3 heteroatoms. The van der Waals surface area contributed by atoms with Crippen molar-refractivity contribution in [3.05, 3.63) is 71.2 Å². The first-order valence-corrected chi connectivity index (χ1v) is 9.27. The molecular weight excluding hydrogens is 311 g/mol. The van der Waals surface area contributed by atoms with Gasteiger partial charge >= 0.3 is 0 Å². The highest BCUT2D eigenvalue weighted by Gasteiger charge is 2.14. The summed E-state index contributed by atoms with van der Waals surface area (Å²) in [6, 6.07) is 13.8. The van der Waals surface area contributed by atoms with E-state index >= 15 is 0 Å². The molecule has 3 aromatic rings. The van der Waals surface area contributed by atoms with Gasteiger partial charge < -0.3 is 10.3 Å². The molecule has 0 atom stereocenters. The van der Waals surface area contributed by atoms with E-state index in [1.165, 1.54) is 16.5 Å². The van der Waals surface area contributed by atoms with Crippen molar-refractivity contribution in [1.82, 2.24) is 4.57 Å². The summed E-state index contributed by atoms with van der Waals surface area (Å²) in [5.41, 5.74) is 10.5. The molecule has 0 spiro atoms. The van der Waals surface area contributed by atoms with Crippen LogP contribution >= 0.6 is 0 Å². The van der Waals surface area contributed by atoms with Crippen LogP contribution in [0.25, 0.3) is 10.9 Å². The number of nitrogens with two attached hydrogens (primary N) is 1. The highest BCUT2D eigenvalue weighted by atomic mass is 19.1. The molecular formula is C22H27FN2. The van der Waals surface area contributed by atoms with Gasteiger partial charge in [-0.2, -0.15) is 0 Å². The number of rotatable bonds is 8. The Morgan fingerprint density at radius 2 is 1.80 bits per heavy atom. The van der Waals surface area contributed by atoms with E-state index in [0.717, 1.165) is 49.7 Å². The summed E-state index contributed by atoms with van der Waals surface area (Å²) in [4.78, 5) is 0. The minimum Gasteiger partial charge on any atom is -0.347 e. The Morgan fingerprint density at radius 1 is 1.00 bits per heavy atom. The summed E-state index contributed by atoms with van der Waals surface area (Å²) < 4.78 is 16.5. The number of hydrogen-bond acceptors (Lipinski definition) is 1. The fraction of sp³-hybridized carbons (Fsp3) is 0.364. The van der Waals surface area contributed by atoms with Gasteiger partial charge in [-0.15, -0.1) is 0 Å². The summed E-state index contributed by atoms with van der Waals surface area (Å²) >= 11 is 0. The van der Waals surface area contributed by atoms with Gasteiger partial charge in [0, 0.05) is 18.1 Å². The molecule has 0 aliphatic carbocycles. The molecule has 3 rings (SSSR count). The third-order valence-corrected chi connectivity index (χ3v) is 4.80. The highest BCUT2D eigenvalue weighted by Crippen LogP contribution is 2.28. The van der Waals surface area contributed by atoms with Gasteiger partial charge in [0.2, 0.25) is 0 Å². The lowest BCUT2D eigenvalue weighted by Crippen LogP contribution is -2.03. The molecule has 25 heavy (non-hydrogen) atoms. The predicted molar refractivity (Wildman–Crippen MR) is 103 cm³/mol. The standard InChI is InChI=1S/C22H27FN2/c1-2-3-13-25-16-19(11-12-24)22-18(14-20(23)15-21(22)25)10-9-17-7-5-4-6-8-17/h4-8,14-16H,2-3,9-13,24H2,1H3. The molecule has 0 amide bonds. The lowest BCUT2D eigenvalue weighted by atomic mass is 9.98. The first-order chi connectivity index (χ1) is 12.2. The molecule has 2 N–H and O–H groups in total. The molecule has 0 fully saturated rings. The summed E-state index contributed by atoms with van der Waals surface area (Å²) in [5.74, 6) is -0.147. The lowest BCUT2D eigenvalue weighted by molar-refractivity contribution is 0.621. The summed E-state index contributed by atoms with van der Waals surface area (Å²) in [6.45, 7) is 3.72. The molecule has 0 unspecified atom stereocenters. The van der Waals surface area contributed by atoms with E-state index in [1.54, 1.807) is 12.1 Å². The molecule has 0 saturated carbocycles. The van der Waals surface area contributed by atoms with Gasteiger partial charge in [-0.3, -0.25) is 0 Å². The van der Waals surface area contributed by atoms with Crippen LogP contribution in [0.3, 0.4) is 0 Å². The maximum Gasteiger partial charge on any atom is 0.125 e. The monoisotopic (exact) mass is 338 g/mol. The first-order valence-electron chi connectivity index (χ1n) is 9.27. The number of hydrogen-bond donors (Lipinski definition) is 1. The second-order valence-corrected chi connectivity index (χ2v) is 6.68. The average Bonchev–Trinajstić information content (AvgIpc) is 2.96. The van der Waals surface area contributed by atoms with Crippen molar-refractivity contribution < 1.29 is 4.39 Å². The molecule has 1 heterocycles. The minimum absolute atomic E-state index is 0.147. The van der Waals surface area contributed by atoms with Crippen molar-refractivity contribution in [2.45, 2.75) is 45.6 Å². The zero-order valence-corrected chi connectivity index (χ0v) is 15.0. The Hall–Kier alpha value is -2.13. The van der Waals surface area contributed by atoms with E-state index in [0.29, 0.717) is 6.54 Å². The minimum atomic E-state index is -0.147. The maximum atomic E-state index is 14.3. The van der Waals surface area contributed by atoms with E-state index in [2.05, 4.69) is 42.0 Å². The van der Waals surface area contributed by atoms with E-state index < -0.39 is 0 Å². The number of benzene rings is 2. The number of aryl methyl sites for hydroxylation is 3. The third-order valence-electron chi connectivity index (χ3n) is 4.80. The van der Waals surface area contributed by atoms with Crippen LogP contribution in [0.2, 0.25) is 0 Å². The number of unbranched alkanes of at least 4 members (excludes halogenated alkanes) is 1. The van der Waals surface area contributed by atoms with Crippen LogP contribution in [-0.4, -0.2) is 11.1 Å². The second-order valence-electron chi connectivity index (χ2n) is 6.68. The van der Waals surface area contributed by atoms with Crippen molar-refractivity contribution in [2.75, 3.05) is 6.54 Å². The molecule has 2 aromatic carbocycles. The smallest absolute Gasteiger partial charge is 0.125 e. The molecule has 2 nitrogen and oxygen atoms in total. The molecule has 0 aliphatic rings. The SMILES string of the molecule is CCCCn1cc(CCN)c2c(CCc3ccccc3)cc(F)cc21. The van der Waals surface area contributed by atoms with Crippen molar-refractivity contribution >= 4 is 10.9 Å². The van der Waals surface area contributed by atoms with Gasteiger partial charge in [0.05, 0.1) is 5.52 Å². The summed E-state index contributed by atoms with van der Waals surface area (Å²) in [7, 11) is 0. The van der Waals surface area contributed by atoms with Gasteiger partial charge in [-0.1, -0.05) is 43.7 Å². The normalized spacial score (nSPS) is 11.3. The highest BCUT2D eigenvalue weighted by molar-refractivity contribution is 5.87. The van der Waals surface area contributed by atoms with Crippen molar-refractivity contribution in [3.8, 4) is 0 Å². The summed E-state index contributed by atoms with van der Waals surface area (Å²) in [5, 5.41) is 1.21. The van der Waals surface area contributed by atoms with Crippen LogP contribution in [0.15, 0.2) is 48.7 Å². The Balaban J connectivity index is 1.99. The average molecular weight is 338 g/mol. The number of halogens is 1. The Labute approximate surface area is 149 Å². The predicted octanol–water partition coefficient (Wildman–Crippen LogP) is 4.87. The van der Waals surface area contributed by atoms with Crippen LogP contribution in [-0.2, 0) is 25.8 Å². The van der Waals surface area contributed by atoms with Crippen LogP contribution in [0.4, 0.5) is 4.39 Å². The Bertz CT molecular complexity index is 821. The van der Waals surface area contributed by atoms with Crippen molar-refractivity contribution in [2.24, 2.45) is 5.73 Å². The van der Waals surface area contributed by atoms with Crippen LogP contribution < -0.4 is 5.73 Å². The van der Waals surface area contributed by atoms with Gasteiger partial charge in [0.1, 0.15) is 5.82 Å². The fourth-order valence-electron chi connectivity index (χ4n) is 3.55. The van der Waals surface area contributed by atoms with Crippen LogP contribution in [0, 0.1) is 5.82 Å². The van der Waals surface area contributed by atoms with E-state index in [9.17, 15) is 4.39 Å². The van der Waals surface area contributed by atoms with Crippen LogP contribution in [0.5, 0.6) is 0 Å². The van der Waals surface area contributed by atoms with Crippen LogP contribution in [0.1, 0.15) is 36.5 Å². The van der Waals surface area contributed by atoms with E-state index in [-0.39, 0.29) is 5.82 Å². The Morgan fingerprint density at radius 3 is 2.52 bits per heavy atom. The molecule has 1 aromatic heterocycles. The number of aromatic nitrogens is 1. The molecule has 0 saturated heterocycles. The first kappa shape index (κ1) is 17.7. The van der Waals surface area contributed by atoms with Gasteiger partial charge in [-0.05, 0) is 61.1 Å².